The van der Waals surface area contributed by atoms with E-state index in [2.05, 4.69) is 27.1 Å². The summed E-state index contributed by atoms with van der Waals surface area (Å²) in [4.78, 5) is 15.0. The number of hydrogen-bond donors (Lipinski definition) is 2. The highest BCUT2D eigenvalue weighted by molar-refractivity contribution is 7.89. The minimum Gasteiger partial charge on any atom is -0.351 e. The number of halogens is 1. The summed E-state index contributed by atoms with van der Waals surface area (Å²) in [5, 5.41) is 2.83. The Hall–Kier alpha value is -3.07. The molecule has 6 nitrogen and oxygen atoms in total. The van der Waals surface area contributed by atoms with Gasteiger partial charge in [0.15, 0.2) is 0 Å². The molecule has 3 aromatic carbocycles. The van der Waals surface area contributed by atoms with Crippen LogP contribution in [0.25, 0.3) is 0 Å². The number of nitrogens with zero attached hydrogens (tertiary/aromatic N) is 1. The van der Waals surface area contributed by atoms with Crippen LogP contribution in [-0.2, 0) is 34.3 Å². The van der Waals surface area contributed by atoms with Gasteiger partial charge in [-0.25, -0.2) is 12.8 Å². The average molecular weight is 496 g/mol. The molecular formula is C27H30FN3O3S. The van der Waals surface area contributed by atoms with E-state index in [4.69, 9.17) is 0 Å². The molecular weight excluding hydrogens is 465 g/mol. The Bertz CT molecular complexity index is 1230. The predicted octanol–water partition coefficient (Wildman–Crippen LogP) is 3.63. The van der Waals surface area contributed by atoms with Crippen LogP contribution in [0.4, 0.5) is 4.39 Å². The topological polar surface area (TPSA) is 78.5 Å². The fraction of sp³-hybridized carbons (Fsp3) is 0.296. The Morgan fingerprint density at radius 1 is 0.857 bits per heavy atom. The number of amides is 1. The average Bonchev–Trinajstić information content (AvgIpc) is 3.37. The monoisotopic (exact) mass is 495 g/mol. The zero-order chi connectivity index (χ0) is 24.7. The third-order valence-electron chi connectivity index (χ3n) is 6.12. The van der Waals surface area contributed by atoms with E-state index in [-0.39, 0.29) is 13.0 Å². The lowest BCUT2D eigenvalue weighted by molar-refractivity contribution is -0.122. The number of nitrogens with one attached hydrogen (secondary N) is 2. The maximum Gasteiger partial charge on any atom is 0.244 e. The summed E-state index contributed by atoms with van der Waals surface area (Å²) >= 11 is 0. The summed E-state index contributed by atoms with van der Waals surface area (Å²) in [7, 11) is -4.25. The number of carbonyl (C=O) groups is 1. The third-order valence-corrected chi connectivity index (χ3v) is 7.62. The summed E-state index contributed by atoms with van der Waals surface area (Å²) < 4.78 is 42.3. The molecule has 184 valence electrons. The first kappa shape index (κ1) is 25.0. The van der Waals surface area contributed by atoms with E-state index in [9.17, 15) is 17.6 Å². The maximum absolute atomic E-state index is 14.2. The van der Waals surface area contributed by atoms with Crippen LogP contribution < -0.4 is 10.0 Å². The molecule has 0 spiro atoms. The van der Waals surface area contributed by atoms with Gasteiger partial charge >= 0.3 is 0 Å². The second-order valence-corrected chi connectivity index (χ2v) is 10.5. The van der Waals surface area contributed by atoms with Gasteiger partial charge in [-0.05, 0) is 61.2 Å². The van der Waals surface area contributed by atoms with Gasteiger partial charge in [-0.15, -0.1) is 0 Å². The van der Waals surface area contributed by atoms with Crippen LogP contribution in [0.1, 0.15) is 29.5 Å². The van der Waals surface area contributed by atoms with Crippen molar-refractivity contribution < 1.29 is 17.6 Å². The molecule has 0 saturated carbocycles. The van der Waals surface area contributed by atoms with Gasteiger partial charge in [-0.3, -0.25) is 9.69 Å². The van der Waals surface area contributed by atoms with Crippen LogP contribution in [0.5, 0.6) is 0 Å². The Morgan fingerprint density at radius 2 is 1.49 bits per heavy atom. The molecule has 0 aromatic heterocycles. The van der Waals surface area contributed by atoms with Gasteiger partial charge in [-0.2, -0.15) is 4.72 Å². The number of rotatable bonds is 10. The van der Waals surface area contributed by atoms with Crippen molar-refractivity contribution >= 4 is 15.9 Å². The standard InChI is InChI=1S/C27H30FN3O3S/c28-24-10-4-5-11-26(24)35(33,34)30-25(18-21-8-2-1-3-9-21)27(32)29-19-22-12-14-23(15-13-22)20-31-16-6-7-17-31/h1-5,8-15,25,30H,6-7,16-20H2,(H,29,32). The fourth-order valence-corrected chi connectivity index (χ4v) is 5.50. The Labute approximate surface area is 206 Å². The zero-order valence-electron chi connectivity index (χ0n) is 19.5. The second kappa shape index (κ2) is 11.6. The van der Waals surface area contributed by atoms with Crippen molar-refractivity contribution in [3.05, 3.63) is 101 Å². The molecule has 3 aromatic rings. The summed E-state index contributed by atoms with van der Waals surface area (Å²) in [5.74, 6) is -1.34. The Kier molecular flexibility index (Phi) is 8.28. The molecule has 1 fully saturated rings. The minimum absolute atomic E-state index is 0.134. The van der Waals surface area contributed by atoms with Crippen molar-refractivity contribution in [1.29, 1.82) is 0 Å². The van der Waals surface area contributed by atoms with E-state index in [1.165, 1.54) is 36.6 Å². The normalized spacial score (nSPS) is 15.1. The van der Waals surface area contributed by atoms with E-state index in [0.717, 1.165) is 36.8 Å². The molecule has 2 N–H and O–H groups in total. The van der Waals surface area contributed by atoms with Gasteiger partial charge in [-0.1, -0.05) is 66.7 Å². The molecule has 1 amide bonds. The summed E-state index contributed by atoms with van der Waals surface area (Å²) in [6.45, 7) is 3.44. The third kappa shape index (κ3) is 6.97. The maximum atomic E-state index is 14.2. The van der Waals surface area contributed by atoms with Crippen molar-refractivity contribution in [2.75, 3.05) is 13.1 Å². The first-order valence-electron chi connectivity index (χ1n) is 11.8. The lowest BCUT2D eigenvalue weighted by atomic mass is 10.1. The fourth-order valence-electron chi connectivity index (χ4n) is 4.22. The molecule has 0 aliphatic carbocycles. The SMILES string of the molecule is O=C(NCc1ccc(CN2CCCC2)cc1)C(Cc1ccccc1)NS(=O)(=O)c1ccccc1F. The first-order valence-corrected chi connectivity index (χ1v) is 13.3. The zero-order valence-corrected chi connectivity index (χ0v) is 20.3. The van der Waals surface area contributed by atoms with Crippen LogP contribution in [0.3, 0.4) is 0 Å². The Balaban J connectivity index is 1.43. The van der Waals surface area contributed by atoms with Crippen molar-refractivity contribution in [1.82, 2.24) is 14.9 Å². The van der Waals surface area contributed by atoms with Gasteiger partial charge in [0.1, 0.15) is 16.8 Å². The van der Waals surface area contributed by atoms with Crippen molar-refractivity contribution in [3.8, 4) is 0 Å². The lowest BCUT2D eigenvalue weighted by Crippen LogP contribution is -2.47. The van der Waals surface area contributed by atoms with Crippen molar-refractivity contribution in [3.63, 3.8) is 0 Å². The predicted molar refractivity (Wildman–Crippen MR) is 133 cm³/mol. The molecule has 1 heterocycles. The highest BCUT2D eigenvalue weighted by Crippen LogP contribution is 2.16. The van der Waals surface area contributed by atoms with E-state index >= 15 is 0 Å². The number of hydrogen-bond acceptors (Lipinski definition) is 4. The highest BCUT2D eigenvalue weighted by atomic mass is 32.2. The van der Waals surface area contributed by atoms with E-state index in [1.807, 2.05) is 42.5 Å². The van der Waals surface area contributed by atoms with E-state index in [0.29, 0.717) is 0 Å². The van der Waals surface area contributed by atoms with Gasteiger partial charge in [0.25, 0.3) is 0 Å². The van der Waals surface area contributed by atoms with E-state index in [1.54, 1.807) is 0 Å². The number of carbonyl (C=O) groups excluding carboxylic acids is 1. The molecule has 0 bridgehead atoms. The second-order valence-electron chi connectivity index (χ2n) is 8.81. The smallest absolute Gasteiger partial charge is 0.244 e. The van der Waals surface area contributed by atoms with Crippen molar-refractivity contribution in [2.45, 2.75) is 43.3 Å². The van der Waals surface area contributed by atoms with Crippen molar-refractivity contribution in [2.24, 2.45) is 0 Å². The molecule has 1 aliphatic rings. The number of likely N-dealkylation sites (tertiary alicyclic amines) is 1. The van der Waals surface area contributed by atoms with Gasteiger partial charge in [0.2, 0.25) is 15.9 Å². The molecule has 8 heteroatoms. The molecule has 1 aliphatic heterocycles. The number of sulfonamides is 1. The van der Waals surface area contributed by atoms with Crippen LogP contribution in [-0.4, -0.2) is 38.4 Å². The molecule has 1 saturated heterocycles. The van der Waals surface area contributed by atoms with Crippen LogP contribution in [0.15, 0.2) is 83.8 Å². The summed E-state index contributed by atoms with van der Waals surface area (Å²) in [5.41, 5.74) is 2.93. The Morgan fingerprint density at radius 3 is 2.17 bits per heavy atom. The molecule has 35 heavy (non-hydrogen) atoms. The minimum atomic E-state index is -4.25. The van der Waals surface area contributed by atoms with Gasteiger partial charge < -0.3 is 5.32 Å². The highest BCUT2D eigenvalue weighted by Gasteiger charge is 2.27. The van der Waals surface area contributed by atoms with Gasteiger partial charge in [0.05, 0.1) is 0 Å². The molecule has 0 radical (unpaired) electrons. The summed E-state index contributed by atoms with van der Waals surface area (Å²) in [6.07, 6.45) is 2.62. The van der Waals surface area contributed by atoms with Crippen LogP contribution in [0.2, 0.25) is 0 Å². The first-order chi connectivity index (χ1) is 16.9. The molecule has 4 rings (SSSR count). The quantitative estimate of drug-likeness (QED) is 0.450. The molecule has 1 atom stereocenters. The number of benzene rings is 3. The summed E-state index contributed by atoms with van der Waals surface area (Å²) in [6, 6.07) is 21.2. The van der Waals surface area contributed by atoms with Crippen LogP contribution in [0, 0.1) is 5.82 Å². The lowest BCUT2D eigenvalue weighted by Gasteiger charge is -2.19. The van der Waals surface area contributed by atoms with Crippen LogP contribution >= 0.6 is 0 Å². The van der Waals surface area contributed by atoms with E-state index < -0.39 is 32.7 Å². The van der Waals surface area contributed by atoms with Gasteiger partial charge in [0, 0.05) is 13.1 Å². The largest absolute Gasteiger partial charge is 0.351 e. The molecule has 1 unspecified atom stereocenters.